The van der Waals surface area contributed by atoms with Crippen molar-refractivity contribution in [3.05, 3.63) is 60.2 Å². The molecule has 5 nitrogen and oxygen atoms in total. The molecule has 1 saturated heterocycles. The third-order valence-corrected chi connectivity index (χ3v) is 7.59. The molecule has 1 atom stereocenters. The highest BCUT2D eigenvalue weighted by Crippen LogP contribution is 2.28. The van der Waals surface area contributed by atoms with Crippen LogP contribution in [0.2, 0.25) is 0 Å². The summed E-state index contributed by atoms with van der Waals surface area (Å²) >= 11 is 0. The van der Waals surface area contributed by atoms with Crippen LogP contribution < -0.4 is 0 Å². The van der Waals surface area contributed by atoms with Crippen molar-refractivity contribution in [2.45, 2.75) is 35.1 Å². The minimum absolute atomic E-state index is 0.0676. The summed E-state index contributed by atoms with van der Waals surface area (Å²) in [4.78, 5) is 0.258. The molecule has 0 saturated carbocycles. The topological polar surface area (TPSA) is 71.5 Å². The van der Waals surface area contributed by atoms with E-state index >= 15 is 0 Å². The molecule has 0 radical (unpaired) electrons. The van der Waals surface area contributed by atoms with E-state index in [1.807, 2.05) is 30.3 Å². The molecule has 0 N–H and O–H groups in total. The van der Waals surface area contributed by atoms with Gasteiger partial charge in [-0.15, -0.1) is 0 Å². The Kier molecular flexibility index (Phi) is 4.99. The number of rotatable bonds is 5. The molecule has 1 aliphatic heterocycles. The number of sulfone groups is 1. The van der Waals surface area contributed by atoms with Gasteiger partial charge in [-0.3, -0.25) is 0 Å². The molecule has 0 bridgehead atoms. The van der Waals surface area contributed by atoms with Crippen LogP contribution in [0.25, 0.3) is 0 Å². The molecule has 0 spiro atoms. The smallest absolute Gasteiger partial charge is 0.224 e. The molecule has 0 aliphatic carbocycles. The largest absolute Gasteiger partial charge is 0.243 e. The normalized spacial score (nSPS) is 19.2. The van der Waals surface area contributed by atoms with E-state index in [-0.39, 0.29) is 15.8 Å². The molecule has 1 aliphatic rings. The van der Waals surface area contributed by atoms with Crippen molar-refractivity contribution in [1.29, 1.82) is 0 Å². The lowest BCUT2D eigenvalue weighted by Crippen LogP contribution is -2.36. The van der Waals surface area contributed by atoms with Gasteiger partial charge < -0.3 is 0 Å². The van der Waals surface area contributed by atoms with Crippen molar-refractivity contribution in [3.8, 4) is 0 Å². The molecular formula is C18H21NO4S2. The zero-order valence-corrected chi connectivity index (χ0v) is 15.6. The zero-order valence-electron chi connectivity index (χ0n) is 14.0. The van der Waals surface area contributed by atoms with Crippen LogP contribution in [0.3, 0.4) is 0 Å². The second-order valence-corrected chi connectivity index (χ2v) is 10.3. The summed E-state index contributed by atoms with van der Waals surface area (Å²) < 4.78 is 50.6. The molecule has 1 heterocycles. The number of nitrogens with zero attached hydrogens (tertiary/aromatic N) is 1. The number of hydrogen-bond acceptors (Lipinski definition) is 4. The Labute approximate surface area is 149 Å². The minimum Gasteiger partial charge on any atom is -0.224 e. The van der Waals surface area contributed by atoms with Gasteiger partial charge in [0.1, 0.15) is 0 Å². The average molecular weight is 380 g/mol. The Hall–Kier alpha value is -1.70. The monoisotopic (exact) mass is 379 g/mol. The van der Waals surface area contributed by atoms with Crippen molar-refractivity contribution in [3.63, 3.8) is 0 Å². The van der Waals surface area contributed by atoms with Crippen LogP contribution in [0.15, 0.2) is 64.4 Å². The van der Waals surface area contributed by atoms with Crippen LogP contribution in [0.4, 0.5) is 0 Å². The van der Waals surface area contributed by atoms with E-state index in [2.05, 4.69) is 0 Å². The Morgan fingerprint density at radius 3 is 2.12 bits per heavy atom. The van der Waals surface area contributed by atoms with Crippen LogP contribution >= 0.6 is 0 Å². The molecule has 2 aromatic rings. The van der Waals surface area contributed by atoms with E-state index in [0.717, 1.165) is 24.7 Å². The Balaban J connectivity index is 1.85. The molecule has 25 heavy (non-hydrogen) atoms. The van der Waals surface area contributed by atoms with E-state index in [4.69, 9.17) is 0 Å². The molecule has 3 rings (SSSR count). The summed E-state index contributed by atoms with van der Waals surface area (Å²) in [6.07, 6.45) is 3.45. The lowest BCUT2D eigenvalue weighted by atomic mass is 10.1. The van der Waals surface area contributed by atoms with Crippen molar-refractivity contribution in [2.24, 2.45) is 0 Å². The van der Waals surface area contributed by atoms with Crippen molar-refractivity contribution in [2.75, 3.05) is 12.8 Å². The average Bonchev–Trinajstić information content (AvgIpc) is 3.04. The summed E-state index contributed by atoms with van der Waals surface area (Å²) in [6.45, 7) is 0.494. The van der Waals surface area contributed by atoms with Crippen molar-refractivity contribution >= 4 is 19.9 Å². The van der Waals surface area contributed by atoms with E-state index < -0.39 is 19.9 Å². The molecule has 2 aromatic carbocycles. The fourth-order valence-corrected chi connectivity index (χ4v) is 5.53. The fourth-order valence-electron chi connectivity index (χ4n) is 3.21. The van der Waals surface area contributed by atoms with Gasteiger partial charge in [0.25, 0.3) is 0 Å². The highest BCUT2D eigenvalue weighted by molar-refractivity contribution is 7.90. The SMILES string of the molecule is CS(=O)(=O)c1ccc(S(=O)(=O)N2CCCC2Cc2ccccc2)cc1. The summed E-state index contributed by atoms with van der Waals surface area (Å²) in [5, 5.41) is 0. The number of sulfonamides is 1. The summed E-state index contributed by atoms with van der Waals surface area (Å²) in [6, 6.07) is 15.2. The van der Waals surface area contributed by atoms with E-state index in [1.165, 1.54) is 24.3 Å². The van der Waals surface area contributed by atoms with Gasteiger partial charge in [0.2, 0.25) is 10.0 Å². The number of benzene rings is 2. The highest BCUT2D eigenvalue weighted by atomic mass is 32.2. The Bertz CT molecular complexity index is 936. The quantitative estimate of drug-likeness (QED) is 0.800. The zero-order chi connectivity index (χ0) is 18.1. The number of hydrogen-bond donors (Lipinski definition) is 0. The summed E-state index contributed by atoms with van der Waals surface area (Å²) in [7, 11) is -6.98. The van der Waals surface area contributed by atoms with Gasteiger partial charge in [-0.1, -0.05) is 30.3 Å². The summed E-state index contributed by atoms with van der Waals surface area (Å²) in [5.41, 5.74) is 1.11. The summed E-state index contributed by atoms with van der Waals surface area (Å²) in [5.74, 6) is 0. The van der Waals surface area contributed by atoms with E-state index in [0.29, 0.717) is 13.0 Å². The minimum atomic E-state index is -3.63. The first-order valence-electron chi connectivity index (χ1n) is 8.14. The predicted octanol–water partition coefficient (Wildman–Crippen LogP) is 2.49. The second kappa shape index (κ2) is 6.90. The van der Waals surface area contributed by atoms with E-state index in [9.17, 15) is 16.8 Å². The molecule has 0 amide bonds. The van der Waals surface area contributed by atoms with Crippen LogP contribution in [0, 0.1) is 0 Å². The Morgan fingerprint density at radius 2 is 1.52 bits per heavy atom. The van der Waals surface area contributed by atoms with Gasteiger partial charge >= 0.3 is 0 Å². The maximum atomic E-state index is 13.0. The van der Waals surface area contributed by atoms with Gasteiger partial charge in [0, 0.05) is 18.8 Å². The Morgan fingerprint density at radius 1 is 0.920 bits per heavy atom. The van der Waals surface area contributed by atoms with Gasteiger partial charge in [0.05, 0.1) is 9.79 Å². The van der Waals surface area contributed by atoms with Crippen LogP contribution in [0.1, 0.15) is 18.4 Å². The molecule has 1 unspecified atom stereocenters. The lowest BCUT2D eigenvalue weighted by Gasteiger charge is -2.24. The van der Waals surface area contributed by atoms with Gasteiger partial charge in [-0.05, 0) is 49.1 Å². The molecule has 1 fully saturated rings. The first-order valence-corrected chi connectivity index (χ1v) is 11.5. The van der Waals surface area contributed by atoms with Crippen molar-refractivity contribution in [1.82, 2.24) is 4.31 Å². The second-order valence-electron chi connectivity index (χ2n) is 6.35. The maximum Gasteiger partial charge on any atom is 0.243 e. The van der Waals surface area contributed by atoms with Gasteiger partial charge in [-0.25, -0.2) is 16.8 Å². The predicted molar refractivity (Wildman–Crippen MR) is 96.6 cm³/mol. The third-order valence-electron chi connectivity index (χ3n) is 4.50. The molecule has 0 aromatic heterocycles. The van der Waals surface area contributed by atoms with Crippen LogP contribution in [0.5, 0.6) is 0 Å². The highest BCUT2D eigenvalue weighted by Gasteiger charge is 2.35. The first-order chi connectivity index (χ1) is 11.8. The third kappa shape index (κ3) is 3.94. The van der Waals surface area contributed by atoms with E-state index in [1.54, 1.807) is 4.31 Å². The lowest BCUT2D eigenvalue weighted by molar-refractivity contribution is 0.385. The van der Waals surface area contributed by atoms with Crippen LogP contribution in [-0.4, -0.2) is 40.0 Å². The maximum absolute atomic E-state index is 13.0. The van der Waals surface area contributed by atoms with Gasteiger partial charge in [0.15, 0.2) is 9.84 Å². The molecular weight excluding hydrogens is 358 g/mol. The van der Waals surface area contributed by atoms with Crippen molar-refractivity contribution < 1.29 is 16.8 Å². The van der Waals surface area contributed by atoms with Crippen LogP contribution in [-0.2, 0) is 26.3 Å². The first kappa shape index (κ1) is 18.1. The molecule has 7 heteroatoms. The molecule has 134 valence electrons. The fraction of sp³-hybridized carbons (Fsp3) is 0.333. The van der Waals surface area contributed by atoms with Gasteiger partial charge in [-0.2, -0.15) is 4.31 Å². The standard InChI is InChI=1S/C18H21NO4S2/c1-24(20,21)17-9-11-18(12-10-17)25(22,23)19-13-5-8-16(19)14-15-6-3-2-4-7-15/h2-4,6-7,9-12,16H,5,8,13-14H2,1H3.